The van der Waals surface area contributed by atoms with Crippen LogP contribution in [0.5, 0.6) is 0 Å². The largest absolute Gasteiger partial charge is 0.359 e. The average Bonchev–Trinajstić information content (AvgIpc) is 3.48. The summed E-state index contributed by atoms with van der Waals surface area (Å²) in [5.74, 6) is -1.46. The summed E-state index contributed by atoms with van der Waals surface area (Å²) in [6.45, 7) is 8.34. The first-order valence-corrected chi connectivity index (χ1v) is 14.1. The number of carbonyl (C=O) groups is 3. The predicted molar refractivity (Wildman–Crippen MR) is 143 cm³/mol. The molecule has 2 bridgehead atoms. The van der Waals surface area contributed by atoms with Crippen LogP contribution in [0, 0.1) is 23.7 Å². The molecule has 3 fully saturated rings. The maximum atomic E-state index is 14.0. The number of rotatable bonds is 6. The van der Waals surface area contributed by atoms with Crippen LogP contribution in [0.4, 0.5) is 5.69 Å². The lowest BCUT2D eigenvalue weighted by molar-refractivity contribution is -0.144. The summed E-state index contributed by atoms with van der Waals surface area (Å²) in [5, 5.41) is 6.94. The molecular weight excluding hydrogens is 513 g/mol. The molecule has 200 valence electrons. The van der Waals surface area contributed by atoms with E-state index in [0.717, 1.165) is 19.3 Å². The molecule has 3 aliphatic heterocycles. The molecule has 9 heteroatoms. The number of amides is 3. The Labute approximate surface area is 228 Å². The number of halogens is 2. The topological polar surface area (TPSA) is 87.7 Å². The molecule has 1 saturated carbocycles. The monoisotopic (exact) mass is 547 g/mol. The third-order valence-corrected chi connectivity index (χ3v) is 9.53. The van der Waals surface area contributed by atoms with Crippen molar-refractivity contribution in [3.05, 3.63) is 40.4 Å². The highest BCUT2D eigenvalue weighted by Crippen LogP contribution is 2.56. The fourth-order valence-corrected chi connectivity index (χ4v) is 7.30. The fourth-order valence-electron chi connectivity index (χ4n) is 6.78. The lowest BCUT2D eigenvalue weighted by Gasteiger charge is -2.39. The Morgan fingerprint density at radius 1 is 1.16 bits per heavy atom. The Kier molecular flexibility index (Phi) is 7.09. The van der Waals surface area contributed by atoms with Gasteiger partial charge in [-0.1, -0.05) is 69.0 Å². The van der Waals surface area contributed by atoms with Crippen molar-refractivity contribution in [1.29, 1.82) is 0 Å². The van der Waals surface area contributed by atoms with E-state index in [1.807, 2.05) is 26.0 Å². The Bertz CT molecular complexity index is 1120. The number of hydrogen-bond donors (Lipinski definition) is 2. The van der Waals surface area contributed by atoms with Crippen molar-refractivity contribution in [3.63, 3.8) is 0 Å². The number of likely N-dealkylation sites (tertiary alicyclic amines) is 1. The van der Waals surface area contributed by atoms with Crippen molar-refractivity contribution in [1.82, 2.24) is 10.2 Å². The summed E-state index contributed by atoms with van der Waals surface area (Å²) in [7, 11) is 0. The van der Waals surface area contributed by atoms with Crippen molar-refractivity contribution in [2.45, 2.75) is 83.2 Å². The summed E-state index contributed by atoms with van der Waals surface area (Å²) in [4.78, 5) is 43.2. The molecule has 1 aromatic rings. The molecule has 37 heavy (non-hydrogen) atoms. The minimum Gasteiger partial charge on any atom is -0.359 e. The van der Waals surface area contributed by atoms with Gasteiger partial charge in [-0.2, -0.15) is 0 Å². The number of nitrogens with zero attached hydrogens (tertiary/aromatic N) is 1. The van der Waals surface area contributed by atoms with Crippen LogP contribution in [0.25, 0.3) is 0 Å². The van der Waals surface area contributed by atoms with Crippen LogP contribution in [-0.4, -0.2) is 52.5 Å². The first kappa shape index (κ1) is 26.5. The Morgan fingerprint density at radius 2 is 1.86 bits per heavy atom. The molecule has 2 saturated heterocycles. The molecule has 0 aromatic heterocycles. The van der Waals surface area contributed by atoms with Crippen LogP contribution in [0.2, 0.25) is 10.0 Å². The highest BCUT2D eigenvalue weighted by atomic mass is 35.5. The molecule has 1 aliphatic carbocycles. The fraction of sp³-hybridized carbons (Fsp3) is 0.607. The van der Waals surface area contributed by atoms with E-state index in [0.29, 0.717) is 34.0 Å². The predicted octanol–water partition coefficient (Wildman–Crippen LogP) is 4.82. The van der Waals surface area contributed by atoms with Gasteiger partial charge in [0.1, 0.15) is 11.6 Å². The van der Waals surface area contributed by atoms with E-state index in [-0.39, 0.29) is 29.8 Å². The minimum atomic E-state index is -1.17. The van der Waals surface area contributed by atoms with Crippen molar-refractivity contribution in [2.24, 2.45) is 23.7 Å². The second kappa shape index (κ2) is 9.90. The van der Waals surface area contributed by atoms with Gasteiger partial charge in [-0.25, -0.2) is 0 Å². The van der Waals surface area contributed by atoms with Gasteiger partial charge in [-0.05, 0) is 49.8 Å². The van der Waals surface area contributed by atoms with Crippen LogP contribution in [-0.2, 0) is 19.1 Å². The highest BCUT2D eigenvalue weighted by Gasteiger charge is 2.73. The van der Waals surface area contributed by atoms with E-state index in [1.165, 1.54) is 0 Å². The molecule has 1 spiro atoms. The first-order chi connectivity index (χ1) is 17.6. The number of ether oxygens (including phenoxy) is 1. The average molecular weight is 549 g/mol. The molecule has 3 amide bonds. The molecule has 3 heterocycles. The van der Waals surface area contributed by atoms with Crippen LogP contribution >= 0.6 is 23.2 Å². The quantitative estimate of drug-likeness (QED) is 0.499. The maximum absolute atomic E-state index is 14.0. The molecule has 1 aromatic carbocycles. The minimum absolute atomic E-state index is 0.0508. The molecule has 5 rings (SSSR count). The van der Waals surface area contributed by atoms with Crippen molar-refractivity contribution in [3.8, 4) is 0 Å². The third-order valence-electron chi connectivity index (χ3n) is 9.09. The van der Waals surface area contributed by atoms with Crippen molar-refractivity contribution in [2.75, 3.05) is 5.32 Å². The van der Waals surface area contributed by atoms with E-state index in [4.69, 9.17) is 27.9 Å². The first-order valence-electron chi connectivity index (χ1n) is 13.3. The van der Waals surface area contributed by atoms with Crippen LogP contribution in [0.15, 0.2) is 30.4 Å². The standard InChI is InChI=1S/C28H35Cl2N3O4/c1-5-15(3)33-24(26(35)32-20-8-6-7-14(2)16(20)4)28-10-9-21(37-28)22(23(28)27(33)36)25(34)31-19-12-17(29)11-18(30)13-19/h9-16,20-24H,5-8H2,1-4H3,(H,31,34)(H,32,35)/t14-,15-,16+,20+,21-,22+,23-,24-,28-/m0/s1. The normalized spacial score (nSPS) is 37.0. The summed E-state index contributed by atoms with van der Waals surface area (Å²) in [6, 6.07) is 3.83. The number of carbonyl (C=O) groups excluding carboxylic acids is 3. The summed E-state index contributed by atoms with van der Waals surface area (Å²) < 4.78 is 6.42. The lowest BCUT2D eigenvalue weighted by atomic mass is 9.73. The number of fused-ring (bicyclic) bond motifs is 1. The second-order valence-corrected chi connectivity index (χ2v) is 12.1. The molecule has 0 radical (unpaired) electrons. The summed E-state index contributed by atoms with van der Waals surface area (Å²) >= 11 is 12.2. The zero-order chi connectivity index (χ0) is 26.6. The second-order valence-electron chi connectivity index (χ2n) is 11.2. The molecule has 7 nitrogen and oxygen atoms in total. The molecule has 0 unspecified atom stereocenters. The van der Waals surface area contributed by atoms with E-state index in [1.54, 1.807) is 23.1 Å². The van der Waals surface area contributed by atoms with Crippen LogP contribution < -0.4 is 10.6 Å². The SMILES string of the molecule is CC[C@H](C)N1C(=O)[C@@H]2[C@H](C(=O)Nc3cc(Cl)cc(Cl)c3)[C@@H]3C=C[C@@]2(O3)[C@@H]1C(=O)N[C@@H]1CCC[C@H](C)[C@H]1C. The molecule has 2 N–H and O–H groups in total. The van der Waals surface area contributed by atoms with E-state index >= 15 is 0 Å². The third kappa shape index (κ3) is 4.37. The number of hydrogen-bond acceptors (Lipinski definition) is 4. The number of anilines is 1. The molecule has 9 atom stereocenters. The number of nitrogens with one attached hydrogen (secondary N) is 2. The van der Waals surface area contributed by atoms with Gasteiger partial charge in [0.2, 0.25) is 17.7 Å². The lowest BCUT2D eigenvalue weighted by Crippen LogP contribution is -2.59. The van der Waals surface area contributed by atoms with Crippen LogP contribution in [0.3, 0.4) is 0 Å². The van der Waals surface area contributed by atoms with E-state index in [9.17, 15) is 14.4 Å². The maximum Gasteiger partial charge on any atom is 0.246 e. The summed E-state index contributed by atoms with van der Waals surface area (Å²) in [5.41, 5.74) is -0.727. The Balaban J connectivity index is 1.45. The Morgan fingerprint density at radius 3 is 2.54 bits per heavy atom. The van der Waals surface area contributed by atoms with Gasteiger partial charge < -0.3 is 20.3 Å². The van der Waals surface area contributed by atoms with E-state index < -0.39 is 29.6 Å². The zero-order valence-electron chi connectivity index (χ0n) is 21.7. The van der Waals surface area contributed by atoms with Gasteiger partial charge in [0.15, 0.2) is 0 Å². The van der Waals surface area contributed by atoms with Gasteiger partial charge in [-0.15, -0.1) is 0 Å². The van der Waals surface area contributed by atoms with Gasteiger partial charge >= 0.3 is 0 Å². The highest BCUT2D eigenvalue weighted by molar-refractivity contribution is 6.35. The van der Waals surface area contributed by atoms with Gasteiger partial charge in [0.05, 0.1) is 17.9 Å². The molecular formula is C28H35Cl2N3O4. The smallest absolute Gasteiger partial charge is 0.246 e. The van der Waals surface area contributed by atoms with Crippen LogP contribution in [0.1, 0.15) is 53.4 Å². The van der Waals surface area contributed by atoms with Gasteiger partial charge in [0, 0.05) is 27.8 Å². The van der Waals surface area contributed by atoms with Crippen molar-refractivity contribution < 1.29 is 19.1 Å². The molecule has 4 aliphatic rings. The summed E-state index contributed by atoms with van der Waals surface area (Å²) in [6.07, 6.45) is 6.90. The zero-order valence-corrected chi connectivity index (χ0v) is 23.2. The number of benzene rings is 1. The van der Waals surface area contributed by atoms with Gasteiger partial charge in [0.25, 0.3) is 0 Å². The Hall–Kier alpha value is -2.09. The van der Waals surface area contributed by atoms with E-state index in [2.05, 4.69) is 24.5 Å². The van der Waals surface area contributed by atoms with Gasteiger partial charge in [-0.3, -0.25) is 14.4 Å². The van der Waals surface area contributed by atoms with Crippen molar-refractivity contribution >= 4 is 46.6 Å².